The van der Waals surface area contributed by atoms with Crippen molar-refractivity contribution in [3.63, 3.8) is 0 Å². The van der Waals surface area contributed by atoms with Crippen molar-refractivity contribution in [1.82, 2.24) is 9.78 Å². The fraction of sp³-hybridized carbons (Fsp3) is 0.250. The number of ether oxygens (including phenoxy) is 1. The van der Waals surface area contributed by atoms with Crippen LogP contribution in [-0.4, -0.2) is 28.6 Å². The molecule has 0 amide bonds. The number of hydrogen-bond acceptors (Lipinski definition) is 6. The molecule has 0 bridgehead atoms. The van der Waals surface area contributed by atoms with Crippen molar-refractivity contribution in [2.24, 2.45) is 0 Å². The van der Waals surface area contributed by atoms with Gasteiger partial charge in [-0.25, -0.2) is 9.48 Å². The minimum absolute atomic E-state index is 0.0884. The van der Waals surface area contributed by atoms with Gasteiger partial charge in [-0.05, 0) is 26.0 Å². The zero-order valence-corrected chi connectivity index (χ0v) is 13.1. The van der Waals surface area contributed by atoms with E-state index in [4.69, 9.17) is 5.73 Å². The largest absolute Gasteiger partial charge is 0.465 e. The first-order valence-electron chi connectivity index (χ1n) is 7.01. The average Bonchev–Trinajstić information content (AvgIpc) is 2.56. The lowest BCUT2D eigenvalue weighted by atomic mass is 10.0. The number of carbonyl (C=O) groups excluding carboxylic acids is 2. The molecule has 0 spiro atoms. The monoisotopic (exact) mass is 315 g/mol. The smallest absolute Gasteiger partial charge is 0.337 e. The number of aryl methyl sites for hydroxylation is 1. The Morgan fingerprint density at radius 1 is 1.26 bits per heavy atom. The van der Waals surface area contributed by atoms with Gasteiger partial charge in [-0.15, -0.1) is 0 Å². The molecule has 7 nitrogen and oxygen atoms in total. The third-order valence-electron chi connectivity index (χ3n) is 3.42. The van der Waals surface area contributed by atoms with E-state index in [1.54, 1.807) is 31.2 Å². The molecule has 0 radical (unpaired) electrons. The van der Waals surface area contributed by atoms with Gasteiger partial charge < -0.3 is 10.5 Å². The molecule has 1 aromatic carbocycles. The van der Waals surface area contributed by atoms with Crippen molar-refractivity contribution in [3.05, 3.63) is 45.7 Å². The van der Waals surface area contributed by atoms with Gasteiger partial charge in [0.25, 0.3) is 5.56 Å². The van der Waals surface area contributed by atoms with Gasteiger partial charge in [-0.1, -0.05) is 12.1 Å². The Labute approximate surface area is 132 Å². The van der Waals surface area contributed by atoms with E-state index < -0.39 is 11.5 Å². The summed E-state index contributed by atoms with van der Waals surface area (Å²) in [4.78, 5) is 35.4. The van der Waals surface area contributed by atoms with E-state index in [9.17, 15) is 14.4 Å². The van der Waals surface area contributed by atoms with Crippen LogP contribution in [0.3, 0.4) is 0 Å². The van der Waals surface area contributed by atoms with Gasteiger partial charge >= 0.3 is 5.97 Å². The number of nitrogens with two attached hydrogens (primary N) is 1. The minimum Gasteiger partial charge on any atom is -0.465 e. The molecule has 0 aliphatic heterocycles. The predicted octanol–water partition coefficient (Wildman–Crippen LogP) is 1.50. The van der Waals surface area contributed by atoms with Crippen LogP contribution in [0.4, 0.5) is 5.69 Å². The standard InChI is InChI=1S/C16H17N3O4/c1-4-19-15(21)13(17)12(9(2)20)14(18-19)10-5-7-11(8-6-10)16(22)23-3/h5-8H,4,17H2,1-3H3. The third-order valence-corrected chi connectivity index (χ3v) is 3.42. The molecule has 0 fully saturated rings. The molecule has 1 aromatic heterocycles. The lowest BCUT2D eigenvalue weighted by molar-refractivity contribution is 0.0600. The second-order valence-corrected chi connectivity index (χ2v) is 4.88. The van der Waals surface area contributed by atoms with Gasteiger partial charge in [0.1, 0.15) is 11.4 Å². The third kappa shape index (κ3) is 2.98. The summed E-state index contributed by atoms with van der Waals surface area (Å²) in [6.07, 6.45) is 0. The van der Waals surface area contributed by atoms with Crippen LogP contribution in [0.2, 0.25) is 0 Å². The predicted molar refractivity (Wildman–Crippen MR) is 85.4 cm³/mol. The first-order valence-corrected chi connectivity index (χ1v) is 7.01. The van der Waals surface area contributed by atoms with E-state index in [0.717, 1.165) is 0 Å². The zero-order valence-electron chi connectivity index (χ0n) is 13.1. The number of aromatic nitrogens is 2. The Hall–Kier alpha value is -2.96. The number of hydrogen-bond donors (Lipinski definition) is 1. The van der Waals surface area contributed by atoms with Gasteiger partial charge in [0.15, 0.2) is 5.78 Å². The highest BCUT2D eigenvalue weighted by Gasteiger charge is 2.19. The summed E-state index contributed by atoms with van der Waals surface area (Å²) in [5.74, 6) is -0.809. The summed E-state index contributed by atoms with van der Waals surface area (Å²) < 4.78 is 5.84. The maximum absolute atomic E-state index is 12.1. The van der Waals surface area contributed by atoms with Crippen LogP contribution < -0.4 is 11.3 Å². The highest BCUT2D eigenvalue weighted by molar-refractivity contribution is 6.04. The Kier molecular flexibility index (Phi) is 4.59. The number of Topliss-reactive ketones (excluding diaryl/α,β-unsaturated/α-hetero) is 1. The fourth-order valence-corrected chi connectivity index (χ4v) is 2.24. The van der Waals surface area contributed by atoms with Gasteiger partial charge in [0.05, 0.1) is 18.2 Å². The van der Waals surface area contributed by atoms with E-state index >= 15 is 0 Å². The van der Waals surface area contributed by atoms with Gasteiger partial charge in [0.2, 0.25) is 0 Å². The molecule has 7 heteroatoms. The van der Waals surface area contributed by atoms with Crippen molar-refractivity contribution in [3.8, 4) is 11.3 Å². The molecule has 0 aliphatic carbocycles. The fourth-order valence-electron chi connectivity index (χ4n) is 2.24. The maximum atomic E-state index is 12.1. The first kappa shape index (κ1) is 16.4. The maximum Gasteiger partial charge on any atom is 0.337 e. The van der Waals surface area contributed by atoms with Crippen LogP contribution in [0.15, 0.2) is 29.1 Å². The van der Waals surface area contributed by atoms with E-state index in [1.807, 2.05) is 0 Å². The Morgan fingerprint density at radius 2 is 1.87 bits per heavy atom. The van der Waals surface area contributed by atoms with E-state index in [-0.39, 0.29) is 17.0 Å². The van der Waals surface area contributed by atoms with Crippen LogP contribution in [0, 0.1) is 0 Å². The average molecular weight is 315 g/mol. The SMILES string of the molecule is CCn1nc(-c2ccc(C(=O)OC)cc2)c(C(C)=O)c(N)c1=O. The highest BCUT2D eigenvalue weighted by atomic mass is 16.5. The number of rotatable bonds is 4. The summed E-state index contributed by atoms with van der Waals surface area (Å²) in [5.41, 5.74) is 6.57. The first-order chi connectivity index (χ1) is 10.9. The van der Waals surface area contributed by atoms with Gasteiger partial charge in [-0.3, -0.25) is 9.59 Å². The molecule has 120 valence electrons. The molecular formula is C16H17N3O4. The number of carbonyl (C=O) groups is 2. The second kappa shape index (κ2) is 6.43. The number of ketones is 1. The molecule has 0 atom stereocenters. The van der Waals surface area contributed by atoms with Crippen molar-refractivity contribution in [2.45, 2.75) is 20.4 Å². The molecular weight excluding hydrogens is 298 g/mol. The summed E-state index contributed by atoms with van der Waals surface area (Å²) in [6.45, 7) is 3.41. The van der Waals surface area contributed by atoms with Crippen LogP contribution in [0.5, 0.6) is 0 Å². The Morgan fingerprint density at radius 3 is 2.35 bits per heavy atom. The number of nitrogens with zero attached hydrogens (tertiary/aromatic N) is 2. The molecule has 2 N–H and O–H groups in total. The van der Waals surface area contributed by atoms with Crippen LogP contribution >= 0.6 is 0 Å². The Bertz CT molecular complexity index is 822. The number of benzene rings is 1. The summed E-state index contributed by atoms with van der Waals surface area (Å²) >= 11 is 0. The lowest BCUT2D eigenvalue weighted by Gasteiger charge is -2.12. The van der Waals surface area contributed by atoms with Gasteiger partial charge in [0, 0.05) is 12.1 Å². The van der Waals surface area contributed by atoms with E-state index in [1.165, 1.54) is 18.7 Å². The van der Waals surface area contributed by atoms with E-state index in [0.29, 0.717) is 23.4 Å². The molecule has 2 aromatic rings. The topological polar surface area (TPSA) is 104 Å². The van der Waals surface area contributed by atoms with Crippen molar-refractivity contribution in [1.29, 1.82) is 0 Å². The summed E-state index contributed by atoms with van der Waals surface area (Å²) in [6, 6.07) is 6.38. The number of esters is 1. The zero-order chi connectivity index (χ0) is 17.1. The lowest BCUT2D eigenvalue weighted by Crippen LogP contribution is -2.28. The molecule has 0 unspecified atom stereocenters. The van der Waals surface area contributed by atoms with Gasteiger partial charge in [-0.2, -0.15) is 5.10 Å². The number of methoxy groups -OCH3 is 1. The van der Waals surface area contributed by atoms with Crippen LogP contribution in [0.1, 0.15) is 34.6 Å². The molecule has 1 heterocycles. The second-order valence-electron chi connectivity index (χ2n) is 4.88. The molecule has 0 aliphatic rings. The number of nitrogen functional groups attached to an aromatic ring is 1. The van der Waals surface area contributed by atoms with Crippen molar-refractivity contribution >= 4 is 17.4 Å². The molecule has 2 rings (SSSR count). The number of anilines is 1. The normalized spacial score (nSPS) is 10.4. The quantitative estimate of drug-likeness (QED) is 0.677. The van der Waals surface area contributed by atoms with E-state index in [2.05, 4.69) is 9.84 Å². The molecule has 0 saturated carbocycles. The van der Waals surface area contributed by atoms with Crippen LogP contribution in [0.25, 0.3) is 11.3 Å². The summed E-state index contributed by atoms with van der Waals surface area (Å²) in [5, 5.41) is 4.22. The molecule has 0 saturated heterocycles. The van der Waals surface area contributed by atoms with Crippen LogP contribution in [-0.2, 0) is 11.3 Å². The van der Waals surface area contributed by atoms with Crippen molar-refractivity contribution < 1.29 is 14.3 Å². The highest BCUT2D eigenvalue weighted by Crippen LogP contribution is 2.24. The minimum atomic E-state index is -0.493. The van der Waals surface area contributed by atoms with Crippen molar-refractivity contribution in [2.75, 3.05) is 12.8 Å². The molecule has 23 heavy (non-hydrogen) atoms. The Balaban J connectivity index is 2.67. The summed E-state index contributed by atoms with van der Waals surface area (Å²) in [7, 11) is 1.30.